The van der Waals surface area contributed by atoms with Gasteiger partial charge in [0.2, 0.25) is 5.43 Å². The fourth-order valence-corrected chi connectivity index (χ4v) is 2.63. The number of ketones is 1. The molecule has 0 aliphatic carbocycles. The molecule has 5 nitrogen and oxygen atoms in total. The third-order valence-electron chi connectivity index (χ3n) is 3.82. The van der Waals surface area contributed by atoms with Gasteiger partial charge in [-0.05, 0) is 57.0 Å². The van der Waals surface area contributed by atoms with Gasteiger partial charge in [-0.3, -0.25) is 9.59 Å². The van der Waals surface area contributed by atoms with E-state index in [-0.39, 0.29) is 28.1 Å². The Kier molecular flexibility index (Phi) is 4.83. The molecule has 124 valence electrons. The van der Waals surface area contributed by atoms with Crippen molar-refractivity contribution < 1.29 is 19.1 Å². The minimum Gasteiger partial charge on any atom is -0.508 e. The predicted octanol–water partition coefficient (Wildman–Crippen LogP) is 3.68. The van der Waals surface area contributed by atoms with Gasteiger partial charge in [-0.25, -0.2) is 0 Å². The van der Waals surface area contributed by atoms with Gasteiger partial charge < -0.3 is 14.3 Å². The molecule has 0 fully saturated rings. The molecule has 1 aromatic heterocycles. The highest BCUT2D eigenvalue weighted by atomic mass is 16.3. The van der Waals surface area contributed by atoms with Crippen LogP contribution in [0.1, 0.15) is 35.3 Å². The fraction of sp³-hybridized carbons (Fsp3) is 0.211. The van der Waals surface area contributed by atoms with E-state index >= 15 is 0 Å². The van der Waals surface area contributed by atoms with Gasteiger partial charge in [0.25, 0.3) is 0 Å². The average Bonchev–Trinajstić information content (AvgIpc) is 2.50. The summed E-state index contributed by atoms with van der Waals surface area (Å²) in [7, 11) is 0. The van der Waals surface area contributed by atoms with Crippen LogP contribution in [0.5, 0.6) is 5.75 Å². The zero-order valence-electron chi connectivity index (χ0n) is 14.0. The van der Waals surface area contributed by atoms with E-state index in [0.717, 1.165) is 17.4 Å². The maximum atomic E-state index is 12.6. The molecule has 1 heterocycles. The molecular formula is C19H18O5. The third-order valence-corrected chi connectivity index (χ3v) is 3.82. The zero-order chi connectivity index (χ0) is 18.0. The molecule has 0 saturated carbocycles. The molecule has 1 N–H and O–H groups in total. The van der Waals surface area contributed by atoms with Crippen LogP contribution in [0.3, 0.4) is 0 Å². The summed E-state index contributed by atoms with van der Waals surface area (Å²) in [5.74, 6) is -0.137. The summed E-state index contributed by atoms with van der Waals surface area (Å²) >= 11 is 0. The van der Waals surface area contributed by atoms with Crippen LogP contribution >= 0.6 is 0 Å². The highest BCUT2D eigenvalue weighted by Crippen LogP contribution is 2.28. The highest BCUT2D eigenvalue weighted by molar-refractivity contribution is 6.08. The normalized spacial score (nSPS) is 10.3. The average molecular weight is 326 g/mol. The molecule has 0 saturated heterocycles. The first-order chi connectivity index (χ1) is 11.3. The van der Waals surface area contributed by atoms with Crippen LogP contribution in [0, 0.1) is 13.8 Å². The molecule has 0 aliphatic heterocycles. The van der Waals surface area contributed by atoms with Gasteiger partial charge in [-0.15, -0.1) is 0 Å². The Morgan fingerprint density at radius 1 is 1.17 bits per heavy atom. The Morgan fingerprint density at radius 3 is 2.38 bits per heavy atom. The number of aryl methyl sites for hydroxylation is 1. The molecule has 0 radical (unpaired) electrons. The predicted molar refractivity (Wildman–Crippen MR) is 92.9 cm³/mol. The Labute approximate surface area is 138 Å². The van der Waals surface area contributed by atoms with Crippen LogP contribution in [0.4, 0.5) is 0 Å². The minimum absolute atomic E-state index is 0.0122. The van der Waals surface area contributed by atoms with E-state index in [1.54, 1.807) is 6.07 Å². The van der Waals surface area contributed by atoms with Gasteiger partial charge in [0.1, 0.15) is 23.2 Å². The van der Waals surface area contributed by atoms with Crippen molar-refractivity contribution in [1.29, 1.82) is 0 Å². The smallest absolute Gasteiger partial charge is 0.200 e. The van der Waals surface area contributed by atoms with Crippen LogP contribution in [0.15, 0.2) is 33.5 Å². The van der Waals surface area contributed by atoms with E-state index in [2.05, 4.69) is 0 Å². The Morgan fingerprint density at radius 2 is 1.79 bits per heavy atom. The van der Waals surface area contributed by atoms with Gasteiger partial charge in [-0.2, -0.15) is 0 Å². The Balaban J connectivity index is 0.000000647. The summed E-state index contributed by atoms with van der Waals surface area (Å²) < 4.78 is 5.76. The molecule has 0 bridgehead atoms. The second-order valence-corrected chi connectivity index (χ2v) is 5.47. The largest absolute Gasteiger partial charge is 0.508 e. The number of hydrogen-bond acceptors (Lipinski definition) is 5. The second-order valence-electron chi connectivity index (χ2n) is 5.47. The topological polar surface area (TPSA) is 84.6 Å². The van der Waals surface area contributed by atoms with Gasteiger partial charge in [0, 0.05) is 6.07 Å². The lowest BCUT2D eigenvalue weighted by atomic mass is 9.96. The first-order valence-corrected chi connectivity index (χ1v) is 7.42. The van der Waals surface area contributed by atoms with Crippen LogP contribution in [-0.4, -0.2) is 17.2 Å². The number of fused-ring (bicyclic) bond motifs is 2. The van der Waals surface area contributed by atoms with Gasteiger partial charge in [-0.1, -0.05) is 0 Å². The number of Topliss-reactive ketones (excluding diaryl/α,β-unsaturated/α-hetero) is 1. The second kappa shape index (κ2) is 6.66. The van der Waals surface area contributed by atoms with Crippen molar-refractivity contribution in [1.82, 2.24) is 0 Å². The lowest BCUT2D eigenvalue weighted by molar-refractivity contribution is -0.106. The third kappa shape index (κ3) is 2.93. The SMILES string of the molecule is CC(=O)c1c(C)c(C)cc2c(=O)c3ccc(O)cc3oc12.CC=O. The van der Waals surface area contributed by atoms with Crippen LogP contribution in [0.25, 0.3) is 21.9 Å². The molecule has 0 spiro atoms. The number of rotatable bonds is 1. The van der Waals surface area contributed by atoms with Crippen molar-refractivity contribution in [3.05, 3.63) is 51.2 Å². The van der Waals surface area contributed by atoms with E-state index in [0.29, 0.717) is 16.3 Å². The van der Waals surface area contributed by atoms with E-state index in [1.165, 1.54) is 32.0 Å². The van der Waals surface area contributed by atoms with Crippen molar-refractivity contribution in [2.45, 2.75) is 27.7 Å². The number of phenolic OH excluding ortho intramolecular Hbond substituents is 1. The quantitative estimate of drug-likeness (QED) is 0.419. The van der Waals surface area contributed by atoms with E-state index in [1.807, 2.05) is 13.8 Å². The number of hydrogen-bond donors (Lipinski definition) is 1. The highest BCUT2D eigenvalue weighted by Gasteiger charge is 2.18. The van der Waals surface area contributed by atoms with Gasteiger partial charge in [0.15, 0.2) is 5.78 Å². The molecule has 0 aliphatic rings. The number of carbonyl (C=O) groups is 2. The maximum Gasteiger partial charge on any atom is 0.200 e. The number of carbonyl (C=O) groups excluding carboxylic acids is 2. The minimum atomic E-state index is -0.197. The summed E-state index contributed by atoms with van der Waals surface area (Å²) in [6.07, 6.45) is 0.750. The molecule has 5 heteroatoms. The van der Waals surface area contributed by atoms with Crippen LogP contribution in [-0.2, 0) is 4.79 Å². The standard InChI is InChI=1S/C17H14O4.C2H4O/c1-8-6-13-16(20)12-5-4-11(19)7-14(12)21-17(13)15(9(8)2)10(3)18;1-2-3/h4-7,19H,1-3H3;2H,1H3. The summed E-state index contributed by atoms with van der Waals surface area (Å²) in [6.45, 7) is 6.59. The first kappa shape index (κ1) is 17.4. The summed E-state index contributed by atoms with van der Waals surface area (Å²) in [6, 6.07) is 6.10. The van der Waals surface area contributed by atoms with E-state index in [9.17, 15) is 14.7 Å². The van der Waals surface area contributed by atoms with Gasteiger partial charge >= 0.3 is 0 Å². The summed E-state index contributed by atoms with van der Waals surface area (Å²) in [5.41, 5.74) is 2.46. The van der Waals surface area contributed by atoms with Crippen molar-refractivity contribution in [2.24, 2.45) is 0 Å². The van der Waals surface area contributed by atoms with Crippen molar-refractivity contribution >= 4 is 34.0 Å². The van der Waals surface area contributed by atoms with Crippen molar-refractivity contribution in [3.63, 3.8) is 0 Å². The van der Waals surface area contributed by atoms with Crippen LogP contribution in [0.2, 0.25) is 0 Å². The van der Waals surface area contributed by atoms with Gasteiger partial charge in [0.05, 0.1) is 16.3 Å². The molecule has 0 amide bonds. The van der Waals surface area contributed by atoms with Crippen molar-refractivity contribution in [2.75, 3.05) is 0 Å². The van der Waals surface area contributed by atoms with Crippen molar-refractivity contribution in [3.8, 4) is 5.75 Å². The molecule has 0 atom stereocenters. The summed E-state index contributed by atoms with van der Waals surface area (Å²) in [4.78, 5) is 33.3. The number of aldehydes is 1. The molecular weight excluding hydrogens is 308 g/mol. The van der Waals surface area contributed by atoms with Crippen LogP contribution < -0.4 is 5.43 Å². The van der Waals surface area contributed by atoms with E-state index in [4.69, 9.17) is 9.21 Å². The molecule has 2 aromatic carbocycles. The molecule has 24 heavy (non-hydrogen) atoms. The zero-order valence-corrected chi connectivity index (χ0v) is 14.0. The molecule has 0 unspecified atom stereocenters. The molecule has 3 rings (SSSR count). The summed E-state index contributed by atoms with van der Waals surface area (Å²) in [5, 5.41) is 10.3. The lowest BCUT2D eigenvalue weighted by Gasteiger charge is -2.10. The Bertz CT molecular complexity index is 1010. The fourth-order valence-electron chi connectivity index (χ4n) is 2.63. The lowest BCUT2D eigenvalue weighted by Crippen LogP contribution is -2.07. The monoisotopic (exact) mass is 326 g/mol. The number of benzene rings is 2. The Hall–Kier alpha value is -2.95. The number of aromatic hydroxyl groups is 1. The molecule has 3 aromatic rings. The van der Waals surface area contributed by atoms with E-state index < -0.39 is 0 Å². The first-order valence-electron chi connectivity index (χ1n) is 7.42. The number of phenols is 1. The maximum absolute atomic E-state index is 12.6.